The first-order chi connectivity index (χ1) is 19.9. The normalized spacial score (nSPS) is 18.3. The summed E-state index contributed by atoms with van der Waals surface area (Å²) in [7, 11) is 3.22. The van der Waals surface area contributed by atoms with Gasteiger partial charge in [0.15, 0.2) is 0 Å². The van der Waals surface area contributed by atoms with Crippen molar-refractivity contribution in [1.29, 1.82) is 0 Å². The van der Waals surface area contributed by atoms with Gasteiger partial charge in [-0.05, 0) is 32.2 Å². The summed E-state index contributed by atoms with van der Waals surface area (Å²) in [5.41, 5.74) is -2.27. The van der Waals surface area contributed by atoms with Crippen LogP contribution in [0.1, 0.15) is 22.8 Å². The Morgan fingerprint density at radius 1 is 1.07 bits per heavy atom. The van der Waals surface area contributed by atoms with Crippen molar-refractivity contribution < 1.29 is 27.1 Å². The maximum absolute atomic E-state index is 15.8. The smallest absolute Gasteiger partial charge is 0.378 e. The minimum Gasteiger partial charge on any atom is -0.378 e. The van der Waals surface area contributed by atoms with E-state index in [9.17, 15) is 22.8 Å². The van der Waals surface area contributed by atoms with Crippen LogP contribution in [0.5, 0.6) is 0 Å². The minimum atomic E-state index is -4.94. The Morgan fingerprint density at radius 3 is 2.50 bits per heavy atom. The van der Waals surface area contributed by atoms with Crippen molar-refractivity contribution in [3.8, 4) is 11.3 Å². The Balaban J connectivity index is 1.58. The van der Waals surface area contributed by atoms with Gasteiger partial charge in [-0.3, -0.25) is 9.59 Å². The van der Waals surface area contributed by atoms with Crippen molar-refractivity contribution in [3.63, 3.8) is 0 Å². The minimum absolute atomic E-state index is 0.0460. The number of pyridine rings is 1. The lowest BCUT2D eigenvalue weighted by Gasteiger charge is -2.39. The van der Waals surface area contributed by atoms with Crippen LogP contribution in [0.25, 0.3) is 11.3 Å². The number of anilines is 3. The maximum Gasteiger partial charge on any atom is 0.417 e. The number of carbonyl (C=O) groups excluding carboxylic acids is 1. The number of amides is 1. The Labute approximate surface area is 239 Å². The highest BCUT2D eigenvalue weighted by Crippen LogP contribution is 2.36. The predicted molar refractivity (Wildman–Crippen MR) is 149 cm³/mol. The van der Waals surface area contributed by atoms with E-state index in [0.29, 0.717) is 63.6 Å². The highest BCUT2D eigenvalue weighted by Gasteiger charge is 2.36. The molecule has 0 bridgehead atoms. The van der Waals surface area contributed by atoms with Gasteiger partial charge in [0.1, 0.15) is 5.82 Å². The number of nitrogens with zero attached hydrogens (tertiary/aromatic N) is 6. The average Bonchev–Trinajstić information content (AvgIpc) is 2.96. The van der Waals surface area contributed by atoms with E-state index in [-0.39, 0.29) is 23.0 Å². The molecule has 0 saturated carbocycles. The number of piperazine rings is 1. The van der Waals surface area contributed by atoms with Crippen molar-refractivity contribution in [2.45, 2.75) is 19.1 Å². The second-order valence-electron chi connectivity index (χ2n) is 10.5. The molecule has 4 heterocycles. The van der Waals surface area contributed by atoms with Gasteiger partial charge in [0.25, 0.3) is 11.5 Å². The van der Waals surface area contributed by atoms with Gasteiger partial charge in [-0.15, -0.1) is 0 Å². The quantitative estimate of drug-likeness (QED) is 0.454. The Morgan fingerprint density at radius 2 is 1.81 bits per heavy atom. The Bertz CT molecular complexity index is 1540. The molecule has 0 radical (unpaired) electrons. The van der Waals surface area contributed by atoms with Crippen LogP contribution in [0, 0.1) is 5.82 Å². The fraction of sp³-hybridized carbons (Fsp3) is 0.429. The van der Waals surface area contributed by atoms with E-state index < -0.39 is 34.6 Å². The molecular weight excluding hydrogens is 558 g/mol. The number of halogens is 4. The van der Waals surface area contributed by atoms with E-state index in [1.807, 2.05) is 23.8 Å². The predicted octanol–water partition coefficient (Wildman–Crippen LogP) is 3.23. The number of benzene rings is 1. The van der Waals surface area contributed by atoms with Gasteiger partial charge in [-0.2, -0.15) is 13.2 Å². The molecule has 2 fully saturated rings. The zero-order valence-corrected chi connectivity index (χ0v) is 23.4. The average molecular weight is 590 g/mol. The van der Waals surface area contributed by atoms with Gasteiger partial charge in [0.2, 0.25) is 5.95 Å². The summed E-state index contributed by atoms with van der Waals surface area (Å²) in [5, 5.41) is 2.58. The summed E-state index contributed by atoms with van der Waals surface area (Å²) in [5.74, 6) is -1.31. The third-order valence-electron chi connectivity index (χ3n) is 7.63. The number of ether oxygens (including phenoxy) is 1. The van der Waals surface area contributed by atoms with Gasteiger partial charge in [0.05, 0.1) is 41.4 Å². The number of aromatic nitrogens is 3. The van der Waals surface area contributed by atoms with Crippen molar-refractivity contribution >= 4 is 23.2 Å². The summed E-state index contributed by atoms with van der Waals surface area (Å²) in [4.78, 5) is 40.1. The molecule has 0 spiro atoms. The van der Waals surface area contributed by atoms with E-state index in [0.717, 1.165) is 10.8 Å². The number of carbonyl (C=O) groups is 1. The molecule has 1 amide bonds. The number of hydrogen-bond donors (Lipinski definition) is 1. The van der Waals surface area contributed by atoms with Crippen LogP contribution in [0.3, 0.4) is 0 Å². The molecule has 10 nitrogen and oxygen atoms in total. The number of aryl methyl sites for hydroxylation is 1. The lowest BCUT2D eigenvalue weighted by Crippen LogP contribution is -2.50. The van der Waals surface area contributed by atoms with Crippen LogP contribution in [-0.2, 0) is 18.0 Å². The first-order valence-electron chi connectivity index (χ1n) is 13.5. The third kappa shape index (κ3) is 6.09. The fourth-order valence-electron chi connectivity index (χ4n) is 5.04. The van der Waals surface area contributed by atoms with Crippen molar-refractivity contribution in [2.75, 3.05) is 68.1 Å². The molecule has 5 rings (SSSR count). The molecule has 0 unspecified atom stereocenters. The zero-order chi connectivity index (χ0) is 30.2. The molecule has 2 aliphatic heterocycles. The van der Waals surface area contributed by atoms with Gasteiger partial charge in [-0.25, -0.2) is 14.4 Å². The lowest BCUT2D eigenvalue weighted by atomic mass is 10.0. The van der Waals surface area contributed by atoms with Crippen LogP contribution in [0.15, 0.2) is 41.5 Å². The van der Waals surface area contributed by atoms with Crippen LogP contribution >= 0.6 is 0 Å². The van der Waals surface area contributed by atoms with Crippen LogP contribution < -0.4 is 20.7 Å². The van der Waals surface area contributed by atoms with E-state index in [1.54, 1.807) is 0 Å². The largest absolute Gasteiger partial charge is 0.417 e. The van der Waals surface area contributed by atoms with Crippen LogP contribution in [-0.4, -0.2) is 84.4 Å². The van der Waals surface area contributed by atoms with Crippen LogP contribution in [0.4, 0.5) is 34.9 Å². The molecule has 1 aromatic carbocycles. The van der Waals surface area contributed by atoms with Gasteiger partial charge >= 0.3 is 6.18 Å². The molecule has 2 saturated heterocycles. The lowest BCUT2D eigenvalue weighted by molar-refractivity contribution is -0.138. The highest BCUT2D eigenvalue weighted by molar-refractivity contribution is 6.07. The molecular formula is C28H31F4N7O3. The first-order valence-corrected chi connectivity index (χ1v) is 13.5. The Kier molecular flexibility index (Phi) is 8.19. The number of alkyl halides is 3. The summed E-state index contributed by atoms with van der Waals surface area (Å²) < 4.78 is 63.5. The number of likely N-dealkylation sites (N-methyl/N-ethyl adjacent to an activating group) is 1. The van der Waals surface area contributed by atoms with Gasteiger partial charge < -0.3 is 29.3 Å². The van der Waals surface area contributed by atoms with Crippen molar-refractivity contribution in [1.82, 2.24) is 19.4 Å². The first kappa shape index (κ1) is 29.5. The molecule has 1 N–H and O–H groups in total. The maximum atomic E-state index is 15.8. The topological polar surface area (TPSA) is 95.8 Å². The van der Waals surface area contributed by atoms with Crippen LogP contribution in [0.2, 0.25) is 0 Å². The molecule has 42 heavy (non-hydrogen) atoms. The van der Waals surface area contributed by atoms with E-state index >= 15 is 4.39 Å². The fourth-order valence-corrected chi connectivity index (χ4v) is 5.04. The molecule has 3 aromatic rings. The third-order valence-corrected chi connectivity index (χ3v) is 7.63. The van der Waals surface area contributed by atoms with Crippen molar-refractivity contribution in [3.05, 3.63) is 64.0 Å². The highest BCUT2D eigenvalue weighted by atomic mass is 19.4. The van der Waals surface area contributed by atoms with Gasteiger partial charge in [0, 0.05) is 69.8 Å². The summed E-state index contributed by atoms with van der Waals surface area (Å²) >= 11 is 0. The number of rotatable bonds is 5. The molecule has 1 atom stereocenters. The van der Waals surface area contributed by atoms with Crippen molar-refractivity contribution in [2.24, 2.45) is 7.05 Å². The molecule has 0 aliphatic carbocycles. The zero-order valence-electron chi connectivity index (χ0n) is 23.4. The molecule has 2 aliphatic rings. The van der Waals surface area contributed by atoms with E-state index in [1.165, 1.54) is 31.4 Å². The Hall–Kier alpha value is -4.04. The number of morpholine rings is 1. The number of hydrogen-bond acceptors (Lipinski definition) is 8. The summed E-state index contributed by atoms with van der Waals surface area (Å²) in [6.07, 6.45) is -2.59. The van der Waals surface area contributed by atoms with Gasteiger partial charge in [-0.1, -0.05) is 0 Å². The second kappa shape index (κ2) is 11.7. The monoisotopic (exact) mass is 589 g/mol. The molecule has 14 heteroatoms. The standard InChI is InChI=1S/C28H31F4N7O3/c1-17-15-39(7-6-36(17)2)24-14-21(29)18(22-4-5-33-27(35-22)38-8-10-42-11-9-38)12-23(24)34-26(41)19-16-37(3)25(40)13-20(19)28(30,31)32/h4-5,12-14,16-17H,6-11,15H2,1-3H3,(H,34,41)/t17-/m0/s1. The number of nitrogens with one attached hydrogen (secondary N) is 1. The van der Waals surface area contributed by atoms with E-state index in [2.05, 4.69) is 20.2 Å². The SMILES string of the molecule is C[C@H]1CN(c2cc(F)c(-c3ccnc(N4CCOCC4)n3)cc2NC(=O)c2cn(C)c(=O)cc2C(F)(F)F)CCN1C. The second-order valence-corrected chi connectivity index (χ2v) is 10.5. The molecule has 224 valence electrons. The summed E-state index contributed by atoms with van der Waals surface area (Å²) in [6, 6.07) is 4.67. The van der Waals surface area contributed by atoms with E-state index in [4.69, 9.17) is 4.74 Å². The molecule has 2 aromatic heterocycles. The summed E-state index contributed by atoms with van der Waals surface area (Å²) in [6.45, 7) is 5.80.